The monoisotopic (exact) mass is 496 g/mol. The first-order chi connectivity index (χ1) is 14.2. The third-order valence-corrected chi connectivity index (χ3v) is 4.60. The van der Waals surface area contributed by atoms with Crippen LogP contribution in [0.3, 0.4) is 0 Å². The van der Waals surface area contributed by atoms with Crippen molar-refractivity contribution in [3.05, 3.63) is 35.4 Å². The molecule has 0 fully saturated rings. The fourth-order valence-corrected chi connectivity index (χ4v) is 2.63. The van der Waals surface area contributed by atoms with Gasteiger partial charge in [0.15, 0.2) is 0 Å². The fraction of sp³-hybridized carbons (Fsp3) is 0.667. The van der Waals surface area contributed by atoms with Crippen molar-refractivity contribution in [3.8, 4) is 0 Å². The number of alkyl halides is 13. The summed E-state index contributed by atoms with van der Waals surface area (Å²) in [7, 11) is 0. The summed E-state index contributed by atoms with van der Waals surface area (Å²) in [5.41, 5.74) is -0.0927. The summed E-state index contributed by atoms with van der Waals surface area (Å²) in [4.78, 5) is 0. The summed E-state index contributed by atoms with van der Waals surface area (Å²) in [6, 6.07) is 4.59. The molecule has 0 amide bonds. The molecule has 0 saturated heterocycles. The number of halogens is 13. The molecule has 14 heteroatoms. The highest BCUT2D eigenvalue weighted by atomic mass is 19.4. The van der Waals surface area contributed by atoms with E-state index >= 15 is 0 Å². The van der Waals surface area contributed by atoms with Crippen LogP contribution < -0.4 is 0 Å². The Kier molecular flexibility index (Phi) is 7.87. The van der Waals surface area contributed by atoms with Crippen molar-refractivity contribution < 1.29 is 62.2 Å². The number of unbranched alkanes of at least 4 members (excludes halogenated alkanes) is 1. The maximum absolute atomic E-state index is 13.9. The molecule has 1 unspecified atom stereocenters. The van der Waals surface area contributed by atoms with Crippen LogP contribution in [-0.2, 0) is 6.42 Å². The summed E-state index contributed by atoms with van der Waals surface area (Å²) in [5.74, 6) is -37.3. The van der Waals surface area contributed by atoms with Gasteiger partial charge in [-0.25, -0.2) is 0 Å². The largest absolute Gasteiger partial charge is 0.460 e. The van der Waals surface area contributed by atoms with Crippen LogP contribution in [0, 0.1) is 0 Å². The highest BCUT2D eigenvalue weighted by molar-refractivity contribution is 5.26. The predicted octanol–water partition coefficient (Wildman–Crippen LogP) is 7.19. The molecule has 1 nitrogen and oxygen atoms in total. The molecule has 32 heavy (non-hydrogen) atoms. The summed E-state index contributed by atoms with van der Waals surface area (Å²) in [5, 5.41) is 9.75. The van der Waals surface area contributed by atoms with Gasteiger partial charge >= 0.3 is 35.8 Å². The summed E-state index contributed by atoms with van der Waals surface area (Å²) in [6.45, 7) is 1.79. The number of hydrogen-bond donors (Lipinski definition) is 1. The molecular formula is C18H17F13O. The Morgan fingerprint density at radius 1 is 0.750 bits per heavy atom. The van der Waals surface area contributed by atoms with Crippen molar-refractivity contribution in [3.63, 3.8) is 0 Å². The van der Waals surface area contributed by atoms with E-state index in [0.717, 1.165) is 12.1 Å². The second kappa shape index (κ2) is 8.90. The molecule has 1 aromatic carbocycles. The Morgan fingerprint density at radius 3 is 1.72 bits per heavy atom. The Balaban J connectivity index is 3.28. The Bertz CT molecular complexity index is 770. The normalized spacial score (nSPS) is 15.7. The van der Waals surface area contributed by atoms with E-state index in [1.807, 2.05) is 0 Å². The van der Waals surface area contributed by atoms with Crippen molar-refractivity contribution in [2.45, 2.75) is 74.5 Å². The number of aryl methyl sites for hydroxylation is 1. The zero-order valence-corrected chi connectivity index (χ0v) is 16.1. The molecule has 0 heterocycles. The summed E-state index contributed by atoms with van der Waals surface area (Å²) >= 11 is 0. The number of hydrogen-bond acceptors (Lipinski definition) is 1. The van der Waals surface area contributed by atoms with Crippen LogP contribution in [0.4, 0.5) is 57.1 Å². The third kappa shape index (κ3) is 4.79. The van der Waals surface area contributed by atoms with Crippen LogP contribution in [0.2, 0.25) is 0 Å². The minimum absolute atomic E-state index is 0.348. The van der Waals surface area contributed by atoms with Crippen molar-refractivity contribution in [1.29, 1.82) is 0 Å². The van der Waals surface area contributed by atoms with Crippen molar-refractivity contribution in [2.75, 3.05) is 0 Å². The van der Waals surface area contributed by atoms with Crippen molar-refractivity contribution in [2.24, 2.45) is 0 Å². The molecule has 0 saturated carbocycles. The average molecular weight is 496 g/mol. The van der Waals surface area contributed by atoms with Gasteiger partial charge in [0.25, 0.3) is 0 Å². The van der Waals surface area contributed by atoms with E-state index in [1.54, 1.807) is 6.92 Å². The lowest BCUT2D eigenvalue weighted by Gasteiger charge is -2.40. The lowest BCUT2D eigenvalue weighted by Crippen LogP contribution is -2.70. The maximum atomic E-state index is 13.9. The molecule has 1 atom stereocenters. The lowest BCUT2D eigenvalue weighted by molar-refractivity contribution is -0.440. The van der Waals surface area contributed by atoms with E-state index in [-0.39, 0.29) is 0 Å². The van der Waals surface area contributed by atoms with Gasteiger partial charge in [-0.1, -0.05) is 37.6 Å². The molecule has 1 N–H and O–H groups in total. The molecule has 0 aliphatic rings. The second-order valence-electron chi connectivity index (χ2n) is 7.07. The molecule has 1 aromatic rings. The van der Waals surface area contributed by atoms with Crippen LogP contribution >= 0.6 is 0 Å². The molecule has 0 aliphatic carbocycles. The Hall–Kier alpha value is -1.73. The van der Waals surface area contributed by atoms with Gasteiger partial charge in [-0.05, 0) is 24.0 Å². The van der Waals surface area contributed by atoms with Gasteiger partial charge in [-0.2, -0.15) is 57.1 Å². The number of aliphatic hydroxyl groups excluding tert-OH is 1. The second-order valence-corrected chi connectivity index (χ2v) is 7.07. The number of rotatable bonds is 10. The Morgan fingerprint density at radius 2 is 1.25 bits per heavy atom. The molecule has 186 valence electrons. The first-order valence-electron chi connectivity index (χ1n) is 8.90. The van der Waals surface area contributed by atoms with E-state index < -0.39 is 53.9 Å². The standard InChI is InChI=1S/C18H17F13O/c1-2-3-5-10-6-4-7-11(8-10)12(32)9-13(19,20)14(21,22)15(23,24)16(25,26)17(27,28)18(29,30)31/h4,6-8,12,32H,2-3,5,9H2,1H3. The zero-order chi connectivity index (χ0) is 25.4. The summed E-state index contributed by atoms with van der Waals surface area (Å²) < 4.78 is 171. The topological polar surface area (TPSA) is 20.2 Å². The quantitative estimate of drug-likeness (QED) is 0.340. The lowest BCUT2D eigenvalue weighted by atomic mass is 9.90. The van der Waals surface area contributed by atoms with E-state index in [2.05, 4.69) is 0 Å². The summed E-state index contributed by atoms with van der Waals surface area (Å²) in [6.07, 6.45) is -11.2. The number of benzene rings is 1. The molecular weight excluding hydrogens is 479 g/mol. The SMILES string of the molecule is CCCCc1cccc(C(O)CC(F)(F)C(F)(F)C(F)(F)C(F)(F)C(F)(F)C(F)(F)F)c1. The van der Waals surface area contributed by atoms with Crippen LogP contribution in [0.1, 0.15) is 43.4 Å². The predicted molar refractivity (Wildman–Crippen MR) is 85.4 cm³/mol. The van der Waals surface area contributed by atoms with Gasteiger partial charge in [0.1, 0.15) is 0 Å². The van der Waals surface area contributed by atoms with Crippen LogP contribution in [-0.4, -0.2) is 40.9 Å². The van der Waals surface area contributed by atoms with E-state index in [4.69, 9.17) is 0 Å². The van der Waals surface area contributed by atoms with E-state index in [1.165, 1.54) is 12.1 Å². The van der Waals surface area contributed by atoms with Crippen LogP contribution in [0.15, 0.2) is 24.3 Å². The van der Waals surface area contributed by atoms with Gasteiger partial charge in [0, 0.05) is 6.42 Å². The first kappa shape index (κ1) is 28.3. The molecule has 1 rings (SSSR count). The molecule has 0 bridgehead atoms. The van der Waals surface area contributed by atoms with E-state index in [0.29, 0.717) is 24.8 Å². The highest BCUT2D eigenvalue weighted by Crippen LogP contribution is 2.61. The van der Waals surface area contributed by atoms with Crippen LogP contribution in [0.25, 0.3) is 0 Å². The third-order valence-electron chi connectivity index (χ3n) is 4.60. The van der Waals surface area contributed by atoms with Gasteiger partial charge in [-0.3, -0.25) is 0 Å². The smallest absolute Gasteiger partial charge is 0.388 e. The van der Waals surface area contributed by atoms with Gasteiger partial charge in [0.05, 0.1) is 6.10 Å². The van der Waals surface area contributed by atoms with Crippen LogP contribution in [0.5, 0.6) is 0 Å². The maximum Gasteiger partial charge on any atom is 0.460 e. The molecule has 0 aliphatic heterocycles. The highest BCUT2D eigenvalue weighted by Gasteiger charge is 2.90. The molecule has 0 aromatic heterocycles. The number of aliphatic hydroxyl groups is 1. The molecule has 0 radical (unpaired) electrons. The Labute approximate surface area is 173 Å². The van der Waals surface area contributed by atoms with Gasteiger partial charge < -0.3 is 5.11 Å². The average Bonchev–Trinajstić information content (AvgIpc) is 2.64. The molecule has 0 spiro atoms. The first-order valence-corrected chi connectivity index (χ1v) is 8.90. The minimum Gasteiger partial charge on any atom is -0.388 e. The van der Waals surface area contributed by atoms with Crippen molar-refractivity contribution >= 4 is 0 Å². The fourth-order valence-electron chi connectivity index (χ4n) is 2.63. The zero-order valence-electron chi connectivity index (χ0n) is 16.1. The van der Waals surface area contributed by atoms with Crippen molar-refractivity contribution in [1.82, 2.24) is 0 Å². The van der Waals surface area contributed by atoms with Gasteiger partial charge in [0.2, 0.25) is 0 Å². The van der Waals surface area contributed by atoms with Gasteiger partial charge in [-0.15, -0.1) is 0 Å². The van der Waals surface area contributed by atoms with E-state index in [9.17, 15) is 62.2 Å². The minimum atomic E-state index is -7.95.